The van der Waals surface area contributed by atoms with E-state index in [0.29, 0.717) is 0 Å². The third kappa shape index (κ3) is 19.5. The van der Waals surface area contributed by atoms with E-state index in [-0.39, 0.29) is 39.1 Å². The highest BCUT2D eigenvalue weighted by molar-refractivity contribution is 7.91. The predicted octanol–water partition coefficient (Wildman–Crippen LogP) is 9.31. The van der Waals surface area contributed by atoms with E-state index in [2.05, 4.69) is 5.32 Å². The molecule has 0 aliphatic heterocycles. The summed E-state index contributed by atoms with van der Waals surface area (Å²) in [6.45, 7) is 0. The molecule has 3 N–H and O–H groups in total. The smallest absolute Gasteiger partial charge is 0.335 e. The maximum Gasteiger partial charge on any atom is 0.335 e. The minimum absolute atomic E-state index is 0.0107. The number of carbonyl (C=O) groups excluding carboxylic acids is 2. The molecule has 4 aliphatic rings. The number of nitrogens with one attached hydrogen (secondary N) is 1. The highest BCUT2D eigenvalue weighted by Gasteiger charge is 2.51. The fourth-order valence-corrected chi connectivity index (χ4v) is 9.12. The summed E-state index contributed by atoms with van der Waals surface area (Å²) in [6.07, 6.45) is 36.5. The van der Waals surface area contributed by atoms with Gasteiger partial charge in [0.1, 0.15) is 5.75 Å². The number of carbonyl (C=O) groups is 4. The minimum Gasteiger partial charge on any atom is -0.481 e. The first-order valence-electron chi connectivity index (χ1n) is 22.0. The predicted molar refractivity (Wildman–Crippen MR) is 220 cm³/mol. The van der Waals surface area contributed by atoms with Gasteiger partial charge in [-0.25, -0.2) is 8.42 Å². The molecule has 4 rings (SSSR count). The van der Waals surface area contributed by atoms with Gasteiger partial charge in [-0.3, -0.25) is 19.2 Å². The number of hydrogen-bond donors (Lipinski definition) is 3. The number of carboxylic acid groups (broad SMARTS) is 2. The zero-order chi connectivity index (χ0) is 41.6. The normalized spacial score (nSPS) is 18.5. The third-order valence-corrected chi connectivity index (χ3v) is 13.9. The van der Waals surface area contributed by atoms with Crippen LogP contribution in [-0.2, 0) is 40.6 Å². The van der Waals surface area contributed by atoms with E-state index in [1.165, 1.54) is 103 Å². The molecular formula is C43H75NO10S2. The lowest BCUT2D eigenvalue weighted by Crippen LogP contribution is -2.28. The number of unbranched alkanes of at least 4 members (excludes halogenated alkanes) is 18. The second-order valence-corrected chi connectivity index (χ2v) is 20.2. The molecule has 4 fully saturated rings. The van der Waals surface area contributed by atoms with Crippen molar-refractivity contribution in [1.82, 2.24) is 5.32 Å². The van der Waals surface area contributed by atoms with Crippen LogP contribution >= 0.6 is 0 Å². The summed E-state index contributed by atoms with van der Waals surface area (Å²) in [5.74, 6) is -1.26. The van der Waals surface area contributed by atoms with Gasteiger partial charge in [0.2, 0.25) is 5.91 Å². The first kappa shape index (κ1) is 50.0. The van der Waals surface area contributed by atoms with Gasteiger partial charge in [0.25, 0.3) is 0 Å². The molecule has 0 unspecified atom stereocenters. The summed E-state index contributed by atoms with van der Waals surface area (Å²) < 4.78 is 39.2. The Morgan fingerprint density at radius 1 is 0.482 bits per heavy atom. The van der Waals surface area contributed by atoms with Gasteiger partial charge < -0.3 is 15.5 Å². The molecule has 0 heterocycles. The molecule has 56 heavy (non-hydrogen) atoms. The zero-order valence-corrected chi connectivity index (χ0v) is 36.4. The van der Waals surface area contributed by atoms with E-state index in [1.54, 1.807) is 7.05 Å². The Kier molecular flexibility index (Phi) is 22.6. The summed E-state index contributed by atoms with van der Waals surface area (Å²) in [4.78, 5) is 46.1. The molecule has 1 amide bonds. The SMILES string of the molecule is CNC(=O)C1(CCCCCCCCCCCCC2(C(=O)CS(C)(=O)=O)CC2)CC1.O=C(O)C1(CCCCCCCCCCCCC2(C(=O)O)CC2)CC1.O=S=O. The minimum atomic E-state index is -3.20. The molecule has 13 heteroatoms. The Morgan fingerprint density at radius 2 is 0.714 bits per heavy atom. The van der Waals surface area contributed by atoms with Crippen LogP contribution in [0, 0.1) is 21.7 Å². The van der Waals surface area contributed by atoms with Crippen LogP contribution in [0.15, 0.2) is 0 Å². The van der Waals surface area contributed by atoms with Crippen molar-refractivity contribution in [2.24, 2.45) is 21.7 Å². The number of ketones is 1. The van der Waals surface area contributed by atoms with E-state index in [0.717, 1.165) is 109 Å². The molecule has 0 bridgehead atoms. The number of carboxylic acids is 2. The van der Waals surface area contributed by atoms with E-state index in [1.807, 2.05) is 0 Å². The van der Waals surface area contributed by atoms with Crippen LogP contribution in [0.4, 0.5) is 0 Å². The molecule has 0 aromatic rings. The van der Waals surface area contributed by atoms with Crippen LogP contribution < -0.4 is 5.32 Å². The molecule has 0 spiro atoms. The molecule has 0 radical (unpaired) electrons. The van der Waals surface area contributed by atoms with Gasteiger partial charge >= 0.3 is 23.5 Å². The van der Waals surface area contributed by atoms with Crippen molar-refractivity contribution < 1.29 is 46.2 Å². The lowest BCUT2D eigenvalue weighted by molar-refractivity contribution is -0.144. The number of rotatable bonds is 32. The maximum atomic E-state index is 12.2. The highest BCUT2D eigenvalue weighted by atomic mass is 32.2. The van der Waals surface area contributed by atoms with Crippen LogP contribution in [0.2, 0.25) is 0 Å². The fraction of sp³-hybridized carbons (Fsp3) is 0.907. The quantitative estimate of drug-likeness (QED) is 0.0551. The first-order chi connectivity index (χ1) is 26.7. The van der Waals surface area contributed by atoms with E-state index in [4.69, 9.17) is 18.6 Å². The van der Waals surface area contributed by atoms with E-state index in [9.17, 15) is 27.6 Å². The second-order valence-electron chi connectivity index (χ2n) is 17.9. The number of sulfone groups is 1. The summed E-state index contributed by atoms with van der Waals surface area (Å²) in [7, 11) is -1.46. The first-order valence-corrected chi connectivity index (χ1v) is 24.7. The van der Waals surface area contributed by atoms with Crippen molar-refractivity contribution in [3.8, 4) is 0 Å². The zero-order valence-electron chi connectivity index (χ0n) is 34.8. The van der Waals surface area contributed by atoms with Crippen molar-refractivity contribution in [1.29, 1.82) is 0 Å². The maximum absolute atomic E-state index is 12.2. The van der Waals surface area contributed by atoms with Crippen molar-refractivity contribution in [2.75, 3.05) is 19.1 Å². The van der Waals surface area contributed by atoms with Crippen LogP contribution in [-0.4, -0.2) is 69.7 Å². The van der Waals surface area contributed by atoms with Crippen molar-refractivity contribution >= 4 is 45.0 Å². The summed E-state index contributed by atoms with van der Waals surface area (Å²) in [5, 5.41) is 21.0. The lowest BCUT2D eigenvalue weighted by Gasteiger charge is -2.13. The average Bonchev–Trinajstić information content (AvgIpc) is 3.96. The summed E-state index contributed by atoms with van der Waals surface area (Å²) >= 11 is -0.750. The largest absolute Gasteiger partial charge is 0.481 e. The van der Waals surface area contributed by atoms with Gasteiger partial charge in [0.15, 0.2) is 15.6 Å². The second kappa shape index (κ2) is 25.4. The monoisotopic (exact) mass is 829 g/mol. The molecular weight excluding hydrogens is 755 g/mol. The van der Waals surface area contributed by atoms with Gasteiger partial charge in [-0.05, 0) is 77.0 Å². The van der Waals surface area contributed by atoms with Gasteiger partial charge in [0, 0.05) is 24.1 Å². The molecule has 11 nitrogen and oxygen atoms in total. The Balaban J connectivity index is 0.000000367. The topological polar surface area (TPSA) is 189 Å². The molecule has 0 saturated heterocycles. The number of aliphatic carboxylic acids is 2. The van der Waals surface area contributed by atoms with Gasteiger partial charge in [-0.15, -0.1) is 0 Å². The highest BCUT2D eigenvalue weighted by Crippen LogP contribution is 2.52. The van der Waals surface area contributed by atoms with Crippen molar-refractivity contribution in [3.63, 3.8) is 0 Å². The van der Waals surface area contributed by atoms with Gasteiger partial charge in [-0.2, -0.15) is 8.42 Å². The Labute approximate surface area is 341 Å². The summed E-state index contributed by atoms with van der Waals surface area (Å²) in [6, 6.07) is 0. The number of amides is 1. The van der Waals surface area contributed by atoms with Crippen molar-refractivity contribution in [2.45, 2.75) is 205 Å². The van der Waals surface area contributed by atoms with Crippen LogP contribution in [0.5, 0.6) is 0 Å². The Morgan fingerprint density at radius 3 is 0.929 bits per heavy atom. The molecule has 324 valence electrons. The van der Waals surface area contributed by atoms with Crippen molar-refractivity contribution in [3.05, 3.63) is 0 Å². The molecule has 4 aliphatic carbocycles. The van der Waals surface area contributed by atoms with Crippen LogP contribution in [0.3, 0.4) is 0 Å². The van der Waals surface area contributed by atoms with Crippen LogP contribution in [0.25, 0.3) is 0 Å². The van der Waals surface area contributed by atoms with Gasteiger partial charge in [-0.1, -0.05) is 128 Å². The lowest BCUT2D eigenvalue weighted by atomic mass is 9.94. The molecule has 0 aromatic carbocycles. The van der Waals surface area contributed by atoms with Gasteiger partial charge in [0.05, 0.1) is 10.8 Å². The van der Waals surface area contributed by atoms with E-state index < -0.39 is 33.3 Å². The Bertz CT molecular complexity index is 1320. The number of Topliss-reactive ketones (excluding diaryl/α,β-unsaturated/α-hetero) is 1. The average molecular weight is 830 g/mol. The molecule has 0 aromatic heterocycles. The molecule has 4 saturated carbocycles. The van der Waals surface area contributed by atoms with Crippen LogP contribution in [0.1, 0.15) is 205 Å². The Hall–Kier alpha value is -2.15. The number of hydrogen-bond acceptors (Lipinski definition) is 8. The third-order valence-electron chi connectivity index (χ3n) is 13.1. The fourth-order valence-electron chi connectivity index (χ4n) is 8.34. The molecule has 0 atom stereocenters. The standard InChI is InChI=1S/C23H41NO4S.C20H34O4.O2S/c1-24-21(26)23(17-18-23)14-12-10-8-6-4-3-5-7-9-11-13-22(15-16-22)20(25)19-29(2,27)28;21-17(22)19(13-14-19)11-9-7-5-3-1-2-4-6-8-10-12-20(15-16-20)18(23)24;1-3-2/h3-19H2,1-2H3,(H,24,26);1-16H2,(H,21,22)(H,23,24);. The van der Waals surface area contributed by atoms with E-state index >= 15 is 0 Å². The summed E-state index contributed by atoms with van der Waals surface area (Å²) in [5.41, 5.74) is -0.970.